The minimum Gasteiger partial charge on any atom is -0.507 e. The van der Waals surface area contributed by atoms with Crippen LogP contribution in [0.1, 0.15) is 34.3 Å². The number of fused-ring (bicyclic) bond motifs is 1. The highest BCUT2D eigenvalue weighted by molar-refractivity contribution is 6.40. The van der Waals surface area contributed by atoms with Crippen molar-refractivity contribution in [2.24, 2.45) is 0 Å². The highest BCUT2D eigenvalue weighted by atomic mass is 16.4. The van der Waals surface area contributed by atoms with E-state index < -0.39 is 11.8 Å². The van der Waals surface area contributed by atoms with Crippen molar-refractivity contribution in [3.63, 3.8) is 0 Å². The molecule has 4 heteroatoms. The third-order valence-corrected chi connectivity index (χ3v) is 2.94. The van der Waals surface area contributed by atoms with Crippen molar-refractivity contribution in [3.8, 4) is 5.75 Å². The first-order valence-electron chi connectivity index (χ1n) is 5.22. The zero-order chi connectivity index (χ0) is 11.7. The number of aryl methyl sites for hydroxylation is 1. The van der Waals surface area contributed by atoms with E-state index >= 15 is 0 Å². The Morgan fingerprint density at radius 3 is 2.50 bits per heavy atom. The van der Waals surface area contributed by atoms with Crippen molar-refractivity contribution in [3.05, 3.63) is 28.8 Å². The number of carboxylic acid groups (broad SMARTS) is 1. The molecule has 1 aliphatic rings. The van der Waals surface area contributed by atoms with Gasteiger partial charge in [-0.25, -0.2) is 4.79 Å². The number of ketones is 1. The number of carbonyl (C=O) groups excluding carboxylic acids is 1. The van der Waals surface area contributed by atoms with Crippen molar-refractivity contribution >= 4 is 11.8 Å². The predicted octanol–water partition coefficient (Wildman–Crippen LogP) is 1.54. The fourth-order valence-corrected chi connectivity index (χ4v) is 2.11. The van der Waals surface area contributed by atoms with E-state index in [1.54, 1.807) is 6.07 Å². The van der Waals surface area contributed by atoms with E-state index in [-0.39, 0.29) is 11.3 Å². The van der Waals surface area contributed by atoms with Gasteiger partial charge in [0.05, 0.1) is 5.56 Å². The number of carbonyl (C=O) groups is 2. The number of aliphatic carboxylic acids is 1. The summed E-state index contributed by atoms with van der Waals surface area (Å²) in [6.45, 7) is 0. The molecule has 1 aliphatic carbocycles. The standard InChI is InChI=1S/C12H12O4/c13-10-8-4-2-1-3-7(8)5-6-9(10)11(14)12(15)16/h5-6,13H,1-4H2,(H,15,16). The average molecular weight is 220 g/mol. The van der Waals surface area contributed by atoms with Crippen LogP contribution in [0.3, 0.4) is 0 Å². The minimum atomic E-state index is -1.54. The molecule has 0 unspecified atom stereocenters. The minimum absolute atomic E-state index is 0.104. The van der Waals surface area contributed by atoms with Crippen LogP contribution in [0.25, 0.3) is 0 Å². The number of benzene rings is 1. The molecule has 0 saturated carbocycles. The maximum atomic E-state index is 11.3. The van der Waals surface area contributed by atoms with Crippen molar-refractivity contribution in [2.75, 3.05) is 0 Å². The second-order valence-corrected chi connectivity index (χ2v) is 3.94. The lowest BCUT2D eigenvalue weighted by atomic mass is 9.88. The summed E-state index contributed by atoms with van der Waals surface area (Å²) in [6.07, 6.45) is 3.62. The summed E-state index contributed by atoms with van der Waals surface area (Å²) >= 11 is 0. The van der Waals surface area contributed by atoms with Crippen molar-refractivity contribution < 1.29 is 19.8 Å². The molecule has 0 bridgehead atoms. The Bertz CT molecular complexity index is 462. The molecular formula is C12H12O4. The van der Waals surface area contributed by atoms with Gasteiger partial charge in [0.2, 0.25) is 0 Å². The van der Waals surface area contributed by atoms with Gasteiger partial charge in [-0.05, 0) is 42.9 Å². The van der Waals surface area contributed by atoms with Gasteiger partial charge in [-0.3, -0.25) is 4.79 Å². The summed E-state index contributed by atoms with van der Waals surface area (Å²) in [5, 5.41) is 18.5. The van der Waals surface area contributed by atoms with Gasteiger partial charge in [0.25, 0.3) is 5.78 Å². The van der Waals surface area contributed by atoms with Gasteiger partial charge in [0.15, 0.2) is 0 Å². The quantitative estimate of drug-likeness (QED) is 0.585. The molecule has 0 aromatic heterocycles. The zero-order valence-electron chi connectivity index (χ0n) is 8.69. The fraction of sp³-hybridized carbons (Fsp3) is 0.333. The Morgan fingerprint density at radius 2 is 1.81 bits per heavy atom. The van der Waals surface area contributed by atoms with Crippen LogP contribution in [-0.4, -0.2) is 22.0 Å². The van der Waals surface area contributed by atoms with Crippen LogP contribution < -0.4 is 0 Å². The SMILES string of the molecule is O=C(O)C(=O)c1ccc2c(c1O)CCCC2. The Morgan fingerprint density at radius 1 is 1.12 bits per heavy atom. The van der Waals surface area contributed by atoms with Crippen LogP contribution in [0.4, 0.5) is 0 Å². The van der Waals surface area contributed by atoms with Gasteiger partial charge in [-0.2, -0.15) is 0 Å². The van der Waals surface area contributed by atoms with Crippen LogP contribution in [0.5, 0.6) is 5.75 Å². The smallest absolute Gasteiger partial charge is 0.377 e. The molecule has 16 heavy (non-hydrogen) atoms. The predicted molar refractivity (Wildman–Crippen MR) is 56.7 cm³/mol. The van der Waals surface area contributed by atoms with Gasteiger partial charge < -0.3 is 10.2 Å². The van der Waals surface area contributed by atoms with Crippen LogP contribution in [-0.2, 0) is 17.6 Å². The van der Waals surface area contributed by atoms with Crippen molar-refractivity contribution in [2.45, 2.75) is 25.7 Å². The molecule has 84 valence electrons. The largest absolute Gasteiger partial charge is 0.507 e. The molecule has 1 aromatic rings. The molecule has 2 rings (SSSR count). The number of aromatic hydroxyl groups is 1. The molecule has 0 radical (unpaired) electrons. The van der Waals surface area contributed by atoms with E-state index in [0.29, 0.717) is 6.42 Å². The molecule has 1 aromatic carbocycles. The molecule has 0 amide bonds. The molecule has 0 fully saturated rings. The maximum Gasteiger partial charge on any atom is 0.377 e. The molecule has 0 atom stereocenters. The van der Waals surface area contributed by atoms with E-state index in [0.717, 1.165) is 30.4 Å². The summed E-state index contributed by atoms with van der Waals surface area (Å²) in [4.78, 5) is 21.9. The van der Waals surface area contributed by atoms with Gasteiger partial charge >= 0.3 is 5.97 Å². The molecular weight excluding hydrogens is 208 g/mol. The molecule has 0 saturated heterocycles. The van der Waals surface area contributed by atoms with Crippen LogP contribution in [0, 0.1) is 0 Å². The average Bonchev–Trinajstić information content (AvgIpc) is 2.29. The zero-order valence-corrected chi connectivity index (χ0v) is 8.69. The molecule has 4 nitrogen and oxygen atoms in total. The number of carboxylic acids is 1. The summed E-state index contributed by atoms with van der Waals surface area (Å²) in [6, 6.07) is 3.14. The second-order valence-electron chi connectivity index (χ2n) is 3.94. The highest BCUT2D eigenvalue weighted by Crippen LogP contribution is 2.32. The summed E-state index contributed by atoms with van der Waals surface area (Å²) in [5.74, 6) is -2.73. The summed E-state index contributed by atoms with van der Waals surface area (Å²) in [5.41, 5.74) is 1.65. The molecule has 0 spiro atoms. The number of hydrogen-bond acceptors (Lipinski definition) is 3. The third kappa shape index (κ3) is 1.66. The Balaban J connectivity index is 2.49. The first-order valence-corrected chi connectivity index (χ1v) is 5.22. The number of Topliss-reactive ketones (excluding diaryl/α,β-unsaturated/α-hetero) is 1. The molecule has 2 N–H and O–H groups in total. The molecule has 0 heterocycles. The van der Waals surface area contributed by atoms with Crippen LogP contribution in [0.15, 0.2) is 12.1 Å². The number of hydrogen-bond donors (Lipinski definition) is 2. The second kappa shape index (κ2) is 3.96. The maximum absolute atomic E-state index is 11.3. The van der Waals surface area contributed by atoms with E-state index in [1.165, 1.54) is 6.07 Å². The Labute approximate surface area is 92.5 Å². The number of rotatable bonds is 2. The van der Waals surface area contributed by atoms with E-state index in [9.17, 15) is 14.7 Å². The van der Waals surface area contributed by atoms with Crippen LogP contribution >= 0.6 is 0 Å². The van der Waals surface area contributed by atoms with Gasteiger partial charge in [-0.1, -0.05) is 6.07 Å². The van der Waals surface area contributed by atoms with Gasteiger partial charge in [-0.15, -0.1) is 0 Å². The monoisotopic (exact) mass is 220 g/mol. The fourth-order valence-electron chi connectivity index (χ4n) is 2.11. The third-order valence-electron chi connectivity index (χ3n) is 2.94. The lowest BCUT2D eigenvalue weighted by Gasteiger charge is -2.17. The van der Waals surface area contributed by atoms with E-state index in [1.807, 2.05) is 0 Å². The van der Waals surface area contributed by atoms with Crippen molar-refractivity contribution in [1.82, 2.24) is 0 Å². The molecule has 0 aliphatic heterocycles. The normalized spacial score (nSPS) is 14.2. The van der Waals surface area contributed by atoms with Crippen molar-refractivity contribution in [1.29, 1.82) is 0 Å². The summed E-state index contributed by atoms with van der Waals surface area (Å²) in [7, 11) is 0. The van der Waals surface area contributed by atoms with Gasteiger partial charge in [0.1, 0.15) is 5.75 Å². The summed E-state index contributed by atoms with van der Waals surface area (Å²) < 4.78 is 0. The number of phenols is 1. The topological polar surface area (TPSA) is 74.6 Å². The van der Waals surface area contributed by atoms with Gasteiger partial charge in [0, 0.05) is 0 Å². The lowest BCUT2D eigenvalue weighted by Crippen LogP contribution is -2.14. The first-order chi connectivity index (χ1) is 7.61. The highest BCUT2D eigenvalue weighted by Gasteiger charge is 2.23. The Hall–Kier alpha value is -1.84. The number of phenolic OH excluding ortho intramolecular Hbond substituents is 1. The Kier molecular flexibility index (Phi) is 2.64. The first kappa shape index (κ1) is 10.7. The lowest BCUT2D eigenvalue weighted by molar-refractivity contribution is -0.131. The van der Waals surface area contributed by atoms with Crippen LogP contribution in [0.2, 0.25) is 0 Å². The van der Waals surface area contributed by atoms with E-state index in [2.05, 4.69) is 0 Å². The van der Waals surface area contributed by atoms with E-state index in [4.69, 9.17) is 5.11 Å².